The lowest BCUT2D eigenvalue weighted by molar-refractivity contribution is 0.102. The van der Waals surface area contributed by atoms with Gasteiger partial charge in [0.15, 0.2) is 17.4 Å². The Hall–Kier alpha value is -5.40. The summed E-state index contributed by atoms with van der Waals surface area (Å²) in [6.07, 6.45) is 2.95. The molecule has 180 valence electrons. The fraction of sp³-hybridized carbons (Fsp3) is 0.0370. The van der Waals surface area contributed by atoms with E-state index < -0.39 is 5.91 Å². The van der Waals surface area contributed by atoms with Gasteiger partial charge in [0.05, 0.1) is 24.9 Å². The second kappa shape index (κ2) is 10.1. The largest absolute Gasteiger partial charge is 0.505 e. The Balaban J connectivity index is 1.57. The molecule has 37 heavy (non-hydrogen) atoms. The Kier molecular flexibility index (Phi) is 6.35. The van der Waals surface area contributed by atoms with Crippen LogP contribution in [0.4, 0.5) is 22.9 Å². The third-order valence-corrected chi connectivity index (χ3v) is 5.59. The smallest absolute Gasteiger partial charge is 0.260 e. The molecule has 5 aromatic rings. The average Bonchev–Trinajstić information content (AvgIpc) is 3.35. The Morgan fingerprint density at radius 1 is 1.05 bits per heavy atom. The number of aromatic hydroxyl groups is 1. The summed E-state index contributed by atoms with van der Waals surface area (Å²) in [5, 5.41) is 36.9. The molecule has 0 saturated carbocycles. The van der Waals surface area contributed by atoms with Crippen LogP contribution in [-0.4, -0.2) is 30.9 Å². The molecule has 2 aromatic heterocycles. The van der Waals surface area contributed by atoms with Crippen molar-refractivity contribution in [3.63, 3.8) is 0 Å². The first-order valence-corrected chi connectivity index (χ1v) is 11.1. The fourth-order valence-corrected chi connectivity index (χ4v) is 3.77. The molecule has 0 aliphatic carbocycles. The van der Waals surface area contributed by atoms with Crippen LogP contribution in [0.5, 0.6) is 5.75 Å². The van der Waals surface area contributed by atoms with Crippen molar-refractivity contribution in [2.24, 2.45) is 10.2 Å². The maximum atomic E-state index is 13.3. The van der Waals surface area contributed by atoms with Gasteiger partial charge in [-0.3, -0.25) is 4.79 Å². The molecule has 0 bridgehead atoms. The number of anilines is 1. The van der Waals surface area contributed by atoms with Crippen molar-refractivity contribution in [1.29, 1.82) is 0 Å². The summed E-state index contributed by atoms with van der Waals surface area (Å²) < 4.78 is 1.37. The number of hydrogen-bond acceptors (Lipinski definition) is 7. The highest BCUT2D eigenvalue weighted by atomic mass is 16.3. The lowest BCUT2D eigenvalue weighted by Gasteiger charge is -2.12. The van der Waals surface area contributed by atoms with E-state index in [9.17, 15) is 15.0 Å². The zero-order valence-electron chi connectivity index (χ0n) is 19.3. The van der Waals surface area contributed by atoms with Gasteiger partial charge in [-0.05, 0) is 46.7 Å². The Labute approximate surface area is 211 Å². The number of rotatable bonds is 6. The highest BCUT2D eigenvalue weighted by Gasteiger charge is 2.20. The number of pyridine rings is 1. The van der Waals surface area contributed by atoms with Gasteiger partial charge in [0.25, 0.3) is 11.6 Å². The number of amides is 1. The molecule has 0 spiro atoms. The number of azo groups is 1. The van der Waals surface area contributed by atoms with Crippen molar-refractivity contribution < 1.29 is 15.0 Å². The minimum absolute atomic E-state index is 0.0296. The van der Waals surface area contributed by atoms with Crippen LogP contribution in [0.3, 0.4) is 0 Å². The molecule has 0 radical (unpaired) electrons. The fourth-order valence-electron chi connectivity index (χ4n) is 3.77. The summed E-state index contributed by atoms with van der Waals surface area (Å²) in [5.41, 5.74) is 1.43. The molecule has 5 rings (SSSR count). The van der Waals surface area contributed by atoms with Gasteiger partial charge < -0.3 is 15.5 Å². The molecule has 0 aliphatic heterocycles. The van der Waals surface area contributed by atoms with E-state index in [2.05, 4.69) is 30.5 Å². The number of hydrogen-bond donors (Lipinski definition) is 3. The van der Waals surface area contributed by atoms with Gasteiger partial charge >= 0.3 is 0 Å². The van der Waals surface area contributed by atoms with E-state index >= 15 is 0 Å². The van der Waals surface area contributed by atoms with E-state index in [1.807, 2.05) is 6.07 Å². The van der Waals surface area contributed by atoms with Gasteiger partial charge in [0.2, 0.25) is 0 Å². The molecule has 0 unspecified atom stereocenters. The molecule has 10 nitrogen and oxygen atoms in total. The lowest BCUT2D eigenvalue weighted by atomic mass is 10.0. The van der Waals surface area contributed by atoms with Crippen molar-refractivity contribution in [2.45, 2.75) is 6.61 Å². The van der Waals surface area contributed by atoms with E-state index in [1.54, 1.807) is 72.9 Å². The van der Waals surface area contributed by atoms with Gasteiger partial charge in [-0.25, -0.2) is 14.5 Å². The van der Waals surface area contributed by atoms with E-state index in [0.717, 1.165) is 0 Å². The maximum Gasteiger partial charge on any atom is 0.260 e. The number of phenolic OH excluding ortho intramolecular Hbond substituents is 1. The zero-order valence-corrected chi connectivity index (χ0v) is 19.3. The predicted molar refractivity (Wildman–Crippen MR) is 138 cm³/mol. The van der Waals surface area contributed by atoms with Crippen LogP contribution in [-0.2, 0) is 6.61 Å². The van der Waals surface area contributed by atoms with Gasteiger partial charge in [0.1, 0.15) is 5.69 Å². The molecular formula is C27H19N7O3. The number of phenols is 1. The van der Waals surface area contributed by atoms with E-state index in [1.165, 1.54) is 10.9 Å². The van der Waals surface area contributed by atoms with Crippen molar-refractivity contribution >= 4 is 39.6 Å². The number of aliphatic hydroxyl groups is 1. The molecule has 10 heteroatoms. The highest BCUT2D eigenvalue weighted by Crippen LogP contribution is 2.39. The molecule has 0 fully saturated rings. The van der Waals surface area contributed by atoms with Crippen molar-refractivity contribution in [3.05, 3.63) is 108 Å². The first-order chi connectivity index (χ1) is 18.1. The predicted octanol–water partition coefficient (Wildman–Crippen LogP) is 5.84. The SMILES string of the molecule is [C-]#[N+]c1cnn(-c2ccccn2)c1/N=N/c1cc2ccccc2c(C(=O)Nc2ccc(CO)cc2)c1O. The maximum absolute atomic E-state index is 13.3. The summed E-state index contributed by atoms with van der Waals surface area (Å²) >= 11 is 0. The Morgan fingerprint density at radius 2 is 1.84 bits per heavy atom. The average molecular weight is 489 g/mol. The topological polar surface area (TPSA) is 129 Å². The lowest BCUT2D eigenvalue weighted by Crippen LogP contribution is -2.12. The summed E-state index contributed by atoms with van der Waals surface area (Å²) in [5.74, 6) is -0.319. The van der Waals surface area contributed by atoms with Crippen molar-refractivity contribution in [1.82, 2.24) is 14.8 Å². The highest BCUT2D eigenvalue weighted by molar-refractivity contribution is 6.16. The second-order valence-electron chi connectivity index (χ2n) is 7.91. The Bertz CT molecular complexity index is 1670. The molecule has 3 N–H and O–H groups in total. The van der Waals surface area contributed by atoms with Crippen LogP contribution < -0.4 is 5.32 Å². The quantitative estimate of drug-likeness (QED) is 0.204. The monoisotopic (exact) mass is 489 g/mol. The van der Waals surface area contributed by atoms with E-state index in [0.29, 0.717) is 27.8 Å². The third-order valence-electron chi connectivity index (χ3n) is 5.59. The van der Waals surface area contributed by atoms with E-state index in [4.69, 9.17) is 6.57 Å². The molecule has 2 heterocycles. The van der Waals surface area contributed by atoms with Gasteiger partial charge in [0, 0.05) is 11.9 Å². The van der Waals surface area contributed by atoms with Crippen LogP contribution in [0.15, 0.2) is 95.4 Å². The summed E-state index contributed by atoms with van der Waals surface area (Å²) in [6, 6.07) is 20.7. The second-order valence-corrected chi connectivity index (χ2v) is 7.91. The van der Waals surface area contributed by atoms with Crippen molar-refractivity contribution in [3.8, 4) is 11.6 Å². The van der Waals surface area contributed by atoms with Gasteiger partial charge in [-0.2, -0.15) is 5.10 Å². The minimum Gasteiger partial charge on any atom is -0.505 e. The van der Waals surface area contributed by atoms with Crippen LogP contribution in [0, 0.1) is 6.57 Å². The number of fused-ring (bicyclic) bond motifs is 1. The van der Waals surface area contributed by atoms with Crippen LogP contribution in [0.25, 0.3) is 21.4 Å². The van der Waals surface area contributed by atoms with Crippen LogP contribution >= 0.6 is 0 Å². The molecule has 1 amide bonds. The van der Waals surface area contributed by atoms with Gasteiger partial charge in [-0.15, -0.1) is 10.2 Å². The number of aromatic nitrogens is 3. The number of nitrogens with zero attached hydrogens (tertiary/aromatic N) is 6. The minimum atomic E-state index is -0.539. The van der Waals surface area contributed by atoms with Gasteiger partial charge in [-0.1, -0.05) is 42.5 Å². The number of carbonyl (C=O) groups is 1. The molecule has 0 atom stereocenters. The first kappa shape index (κ1) is 23.3. The van der Waals surface area contributed by atoms with Crippen molar-refractivity contribution in [2.75, 3.05) is 5.32 Å². The summed E-state index contributed by atoms with van der Waals surface area (Å²) in [7, 11) is 0. The van der Waals surface area contributed by atoms with Crippen LogP contribution in [0.2, 0.25) is 0 Å². The number of benzene rings is 3. The third kappa shape index (κ3) is 4.62. The molecule has 0 aliphatic rings. The zero-order chi connectivity index (χ0) is 25.8. The normalized spacial score (nSPS) is 11.0. The number of carbonyl (C=O) groups excluding carboxylic acids is 1. The standard InChI is InChI=1S/C27H19N7O3/c1-28-22-15-30-34(23-8-4-5-13-29-23)26(22)33-32-21-14-18-6-2-3-7-20(18)24(25(21)36)27(37)31-19-11-9-17(16-35)10-12-19/h2-15,35-36H,16H2,(H,31,37)/b33-32+. The van der Waals surface area contributed by atoms with Crippen LogP contribution in [0.1, 0.15) is 15.9 Å². The molecule has 3 aromatic carbocycles. The molecular weight excluding hydrogens is 470 g/mol. The summed E-state index contributed by atoms with van der Waals surface area (Å²) in [4.78, 5) is 21.0. The molecule has 0 saturated heterocycles. The van der Waals surface area contributed by atoms with E-state index in [-0.39, 0.29) is 35.1 Å². The first-order valence-electron chi connectivity index (χ1n) is 11.1. The summed E-state index contributed by atoms with van der Waals surface area (Å²) in [6.45, 7) is 7.34. The number of aliphatic hydroxyl groups excluding tert-OH is 1. The Morgan fingerprint density at radius 3 is 2.57 bits per heavy atom. The number of nitrogens with one attached hydrogen (secondary N) is 1.